The second-order valence-electron chi connectivity index (χ2n) is 7.35. The summed E-state index contributed by atoms with van der Waals surface area (Å²) in [5.74, 6) is -1.71. The number of nitrogens with zero attached hydrogens (tertiary/aromatic N) is 3. The summed E-state index contributed by atoms with van der Waals surface area (Å²) in [4.78, 5) is 57.9. The molecule has 1 aliphatic carbocycles. The summed E-state index contributed by atoms with van der Waals surface area (Å²) in [6, 6.07) is -0.832. The summed E-state index contributed by atoms with van der Waals surface area (Å²) in [5, 5.41) is 16.0. The lowest BCUT2D eigenvalue weighted by atomic mass is 9.96. The molecule has 0 aromatic carbocycles. The van der Waals surface area contributed by atoms with E-state index in [1.165, 1.54) is 34.1 Å². The molecule has 164 valence electrons. The number of nitrogens with one attached hydrogen (secondary N) is 2. The van der Waals surface area contributed by atoms with Crippen molar-refractivity contribution in [3.8, 4) is 0 Å². The van der Waals surface area contributed by atoms with Gasteiger partial charge in [0.25, 0.3) is 11.8 Å². The molecule has 2 fully saturated rings. The summed E-state index contributed by atoms with van der Waals surface area (Å²) in [5.41, 5.74) is 0.408. The average Bonchev–Trinajstić information content (AvgIpc) is 3.24. The van der Waals surface area contributed by atoms with Crippen LogP contribution < -0.4 is 10.6 Å². The highest BCUT2D eigenvalue weighted by Crippen LogP contribution is 2.37. The van der Waals surface area contributed by atoms with Crippen LogP contribution in [0.1, 0.15) is 37.8 Å². The summed E-state index contributed by atoms with van der Waals surface area (Å²) in [6.07, 6.45) is 6.97. The van der Waals surface area contributed by atoms with Gasteiger partial charge in [-0.2, -0.15) is 0 Å². The highest BCUT2D eigenvalue weighted by Gasteiger charge is 2.53. The van der Waals surface area contributed by atoms with Crippen molar-refractivity contribution in [2.75, 3.05) is 11.1 Å². The third-order valence-corrected chi connectivity index (χ3v) is 7.34. The van der Waals surface area contributed by atoms with Crippen molar-refractivity contribution in [3.05, 3.63) is 22.8 Å². The molecule has 1 aromatic heterocycles. The fraction of sp³-hybridized carbons (Fsp3) is 0.474. The van der Waals surface area contributed by atoms with Gasteiger partial charge >= 0.3 is 5.97 Å². The number of rotatable bonds is 7. The smallest absolute Gasteiger partial charge is 0.352 e. The second-order valence-corrected chi connectivity index (χ2v) is 9.36. The van der Waals surface area contributed by atoms with Crippen molar-refractivity contribution < 1.29 is 24.3 Å². The zero-order valence-corrected chi connectivity index (χ0v) is 18.1. The number of hydrogen-bond donors (Lipinski definition) is 3. The van der Waals surface area contributed by atoms with E-state index in [-0.39, 0.29) is 17.5 Å². The van der Waals surface area contributed by atoms with E-state index in [2.05, 4.69) is 20.6 Å². The van der Waals surface area contributed by atoms with Crippen LogP contribution in [-0.2, 0) is 19.2 Å². The van der Waals surface area contributed by atoms with Crippen LogP contribution in [0, 0.1) is 0 Å². The Kier molecular flexibility index (Phi) is 6.37. The highest BCUT2D eigenvalue weighted by atomic mass is 32.2. The first kappa shape index (κ1) is 21.5. The van der Waals surface area contributed by atoms with E-state index in [0.717, 1.165) is 32.1 Å². The Labute approximate surface area is 186 Å². The van der Waals surface area contributed by atoms with Crippen LogP contribution in [0.15, 0.2) is 22.1 Å². The van der Waals surface area contributed by atoms with Gasteiger partial charge in [-0.1, -0.05) is 19.3 Å². The molecule has 3 amide bonds. The first-order valence-electron chi connectivity index (χ1n) is 9.92. The van der Waals surface area contributed by atoms with Gasteiger partial charge in [0, 0.05) is 11.1 Å². The maximum absolute atomic E-state index is 13.1. The normalized spacial score (nSPS) is 24.0. The third-order valence-electron chi connectivity index (χ3n) is 5.38. The van der Waals surface area contributed by atoms with Gasteiger partial charge in [0.2, 0.25) is 6.41 Å². The number of hydrogen-bond acceptors (Lipinski definition) is 8. The number of amides is 3. The monoisotopic (exact) mass is 463 g/mol. The molecule has 12 heteroatoms. The van der Waals surface area contributed by atoms with Gasteiger partial charge in [-0.3, -0.25) is 24.3 Å². The van der Waals surface area contributed by atoms with Crippen LogP contribution in [0.25, 0.3) is 0 Å². The van der Waals surface area contributed by atoms with Crippen LogP contribution in [-0.4, -0.2) is 68.1 Å². The summed E-state index contributed by atoms with van der Waals surface area (Å²) < 4.78 is 0. The highest BCUT2D eigenvalue weighted by molar-refractivity contribution is 8.00. The first-order valence-corrected chi connectivity index (χ1v) is 11.9. The fourth-order valence-electron chi connectivity index (χ4n) is 3.88. The molecule has 0 spiro atoms. The molecule has 10 nitrogen and oxygen atoms in total. The molecule has 2 aliphatic heterocycles. The molecular formula is C19H21N5O5S2. The molecule has 2 atom stereocenters. The SMILES string of the molecule is O=CNc1nc(C(=NC2CCCCC2)C(=O)NC2C(=O)N3C(C(=O)O)=CCS[C@@H]23)cs1. The predicted octanol–water partition coefficient (Wildman–Crippen LogP) is 1.20. The van der Waals surface area contributed by atoms with Crippen LogP contribution in [0.4, 0.5) is 5.13 Å². The Balaban J connectivity index is 1.54. The quantitative estimate of drug-likeness (QED) is 0.313. The molecule has 1 saturated heterocycles. The number of carboxylic acids is 1. The van der Waals surface area contributed by atoms with Crippen LogP contribution in [0.5, 0.6) is 0 Å². The molecule has 1 saturated carbocycles. The predicted molar refractivity (Wildman–Crippen MR) is 116 cm³/mol. The van der Waals surface area contributed by atoms with Gasteiger partial charge in [-0.25, -0.2) is 9.78 Å². The van der Waals surface area contributed by atoms with Gasteiger partial charge in [0.05, 0.1) is 6.04 Å². The number of carbonyl (C=O) groups excluding carboxylic acids is 3. The molecule has 3 aliphatic rings. The Morgan fingerprint density at radius 1 is 1.29 bits per heavy atom. The molecule has 1 aromatic rings. The van der Waals surface area contributed by atoms with Gasteiger partial charge in [0.1, 0.15) is 28.5 Å². The van der Waals surface area contributed by atoms with E-state index in [1.54, 1.807) is 5.38 Å². The van der Waals surface area contributed by atoms with E-state index in [0.29, 0.717) is 23.0 Å². The maximum atomic E-state index is 13.1. The molecule has 4 rings (SSSR count). The van der Waals surface area contributed by atoms with Crippen molar-refractivity contribution in [1.82, 2.24) is 15.2 Å². The van der Waals surface area contributed by atoms with Crippen LogP contribution in [0.3, 0.4) is 0 Å². The number of anilines is 1. The van der Waals surface area contributed by atoms with Crippen molar-refractivity contribution >= 4 is 58.1 Å². The lowest BCUT2D eigenvalue weighted by Gasteiger charge is -2.48. The number of thioether (sulfide) groups is 1. The topological polar surface area (TPSA) is 141 Å². The number of β-lactam (4-membered cyclic amide) rings is 1. The molecule has 1 unspecified atom stereocenters. The fourth-order valence-corrected chi connectivity index (χ4v) is 5.73. The minimum atomic E-state index is -1.17. The standard InChI is InChI=1S/C19H21N5O5S2/c25-9-20-19-22-11(8-31-19)13(21-10-4-2-1-3-5-10)15(26)23-14-16(27)24-12(18(28)29)6-7-30-17(14)24/h6,8-10,14,17H,1-5,7H2,(H,23,26)(H,28,29)(H,20,22,25)/t14?,17-/m0/s1. The molecule has 31 heavy (non-hydrogen) atoms. The summed E-state index contributed by atoms with van der Waals surface area (Å²) in [6.45, 7) is 0. The van der Waals surface area contributed by atoms with E-state index in [4.69, 9.17) is 0 Å². The van der Waals surface area contributed by atoms with Crippen molar-refractivity contribution in [1.29, 1.82) is 0 Å². The summed E-state index contributed by atoms with van der Waals surface area (Å²) in [7, 11) is 0. The lowest BCUT2D eigenvalue weighted by Crippen LogP contribution is -2.70. The van der Waals surface area contributed by atoms with Gasteiger partial charge in [-0.15, -0.1) is 23.1 Å². The Morgan fingerprint density at radius 2 is 2.06 bits per heavy atom. The average molecular weight is 464 g/mol. The van der Waals surface area contributed by atoms with Crippen LogP contribution >= 0.6 is 23.1 Å². The number of aromatic nitrogens is 1. The number of aliphatic imine (C=N–C) groups is 1. The van der Waals surface area contributed by atoms with E-state index >= 15 is 0 Å². The third kappa shape index (κ3) is 4.35. The zero-order chi connectivity index (χ0) is 22.0. The number of carbonyl (C=O) groups is 4. The zero-order valence-electron chi connectivity index (χ0n) is 16.4. The second kappa shape index (κ2) is 9.18. The Hall–Kier alpha value is -2.73. The number of fused-ring (bicyclic) bond motifs is 1. The minimum absolute atomic E-state index is 0.00197. The van der Waals surface area contributed by atoms with Gasteiger partial charge in [-0.05, 0) is 18.9 Å². The van der Waals surface area contributed by atoms with Crippen LogP contribution in [0.2, 0.25) is 0 Å². The Morgan fingerprint density at radius 3 is 2.77 bits per heavy atom. The first-order chi connectivity index (χ1) is 15.0. The van der Waals surface area contributed by atoms with Crippen molar-refractivity contribution in [3.63, 3.8) is 0 Å². The number of aliphatic carboxylic acids is 1. The van der Waals surface area contributed by atoms with Crippen molar-refractivity contribution in [2.24, 2.45) is 4.99 Å². The van der Waals surface area contributed by atoms with Gasteiger partial charge < -0.3 is 15.7 Å². The molecule has 0 bridgehead atoms. The van der Waals surface area contributed by atoms with E-state index < -0.39 is 29.2 Å². The molecule has 3 N–H and O–H groups in total. The number of thiazole rings is 1. The minimum Gasteiger partial charge on any atom is -0.477 e. The largest absolute Gasteiger partial charge is 0.477 e. The summed E-state index contributed by atoms with van der Waals surface area (Å²) >= 11 is 2.57. The lowest BCUT2D eigenvalue weighted by molar-refractivity contribution is -0.150. The molecular weight excluding hydrogens is 442 g/mol. The van der Waals surface area contributed by atoms with Crippen molar-refractivity contribution in [2.45, 2.75) is 49.6 Å². The van der Waals surface area contributed by atoms with E-state index in [9.17, 15) is 24.3 Å². The molecule has 3 heterocycles. The number of carboxylic acid groups (broad SMARTS) is 1. The van der Waals surface area contributed by atoms with Gasteiger partial charge in [0.15, 0.2) is 5.13 Å². The molecule has 0 radical (unpaired) electrons. The maximum Gasteiger partial charge on any atom is 0.352 e. The Bertz CT molecular complexity index is 969. The van der Waals surface area contributed by atoms with E-state index in [1.807, 2.05) is 0 Å².